The van der Waals surface area contributed by atoms with Crippen LogP contribution in [0, 0.1) is 22.7 Å². The van der Waals surface area contributed by atoms with Crippen molar-refractivity contribution < 1.29 is 38.1 Å². The minimum atomic E-state index is -1.65. The number of benzene rings is 2. The fourth-order valence-corrected chi connectivity index (χ4v) is 6.57. The molecule has 2 aromatic rings. The summed E-state index contributed by atoms with van der Waals surface area (Å²) in [7, 11) is 0. The molecule has 0 heterocycles. The smallest absolute Gasteiger partial charge is 0.423 e. The lowest BCUT2D eigenvalue weighted by Crippen LogP contribution is -2.27. The molecule has 8 nitrogen and oxygen atoms in total. The molecule has 2 aromatic carbocycles. The van der Waals surface area contributed by atoms with Gasteiger partial charge in [-0.05, 0) is 60.5 Å². The number of esters is 4. The molecule has 0 fully saturated rings. The van der Waals surface area contributed by atoms with E-state index in [-0.39, 0.29) is 66.0 Å². The van der Waals surface area contributed by atoms with Crippen LogP contribution in [0.2, 0.25) is 30.1 Å². The van der Waals surface area contributed by atoms with Crippen LogP contribution in [0.3, 0.4) is 0 Å². The Morgan fingerprint density at radius 3 is 1.19 bits per heavy atom. The van der Waals surface area contributed by atoms with Gasteiger partial charge in [0.1, 0.15) is 11.1 Å². The summed E-state index contributed by atoms with van der Waals surface area (Å²) in [6, 6.07) is 2.24. The molecule has 48 heavy (non-hydrogen) atoms. The van der Waals surface area contributed by atoms with Crippen LogP contribution in [-0.2, 0) is 19.1 Å². The van der Waals surface area contributed by atoms with Crippen molar-refractivity contribution in [3.63, 3.8) is 0 Å². The Morgan fingerprint density at radius 2 is 0.896 bits per heavy atom. The van der Waals surface area contributed by atoms with Gasteiger partial charge in [0.25, 0.3) is 0 Å². The van der Waals surface area contributed by atoms with E-state index < -0.39 is 46.5 Å². The predicted octanol–water partition coefficient (Wildman–Crippen LogP) is 11.4. The summed E-state index contributed by atoms with van der Waals surface area (Å²) in [5, 5.41) is -1.54. The molecule has 0 bridgehead atoms. The standard InChI is InChI=1S/C34H40Cl6O8/c1-17(15-33(3,4)5)9-11-45-29(41)23-25(39)19(35)13-21(37)27(23)47-31(43)32(44)48-28-22(38)14-20(36)26(40)24(28)30(42)46-12-10-18(2)16-34(6,7)8/h13-14,17-18H,9-12,15-16H2,1-8H3. The molecule has 0 N–H and O–H groups in total. The molecule has 2 unspecified atom stereocenters. The predicted molar refractivity (Wildman–Crippen MR) is 190 cm³/mol. The van der Waals surface area contributed by atoms with Crippen molar-refractivity contribution in [3.05, 3.63) is 53.4 Å². The maximum Gasteiger partial charge on any atom is 0.423 e. The minimum Gasteiger partial charge on any atom is -0.462 e. The van der Waals surface area contributed by atoms with Gasteiger partial charge in [0.15, 0.2) is 11.5 Å². The van der Waals surface area contributed by atoms with Crippen LogP contribution in [0.5, 0.6) is 11.5 Å². The molecule has 0 aromatic heterocycles. The Bertz CT molecular complexity index is 1410. The van der Waals surface area contributed by atoms with Gasteiger partial charge in [-0.25, -0.2) is 19.2 Å². The van der Waals surface area contributed by atoms with Crippen LogP contribution >= 0.6 is 69.6 Å². The third-order valence-electron chi connectivity index (χ3n) is 6.83. The van der Waals surface area contributed by atoms with Crippen LogP contribution in [-0.4, -0.2) is 37.1 Å². The Hall–Kier alpha value is -1.94. The summed E-state index contributed by atoms with van der Waals surface area (Å²) in [6.45, 7) is 16.7. The van der Waals surface area contributed by atoms with E-state index >= 15 is 0 Å². The van der Waals surface area contributed by atoms with Crippen LogP contribution in [0.25, 0.3) is 0 Å². The first-order valence-electron chi connectivity index (χ1n) is 15.2. The van der Waals surface area contributed by atoms with Crippen molar-refractivity contribution in [2.45, 2.75) is 81.1 Å². The Kier molecular flexibility index (Phi) is 15.7. The highest BCUT2D eigenvalue weighted by atomic mass is 35.5. The Morgan fingerprint density at radius 1 is 0.583 bits per heavy atom. The van der Waals surface area contributed by atoms with Crippen molar-refractivity contribution >= 4 is 93.5 Å². The summed E-state index contributed by atoms with van der Waals surface area (Å²) in [5.74, 6) is -6.00. The van der Waals surface area contributed by atoms with Gasteiger partial charge in [0, 0.05) is 0 Å². The van der Waals surface area contributed by atoms with Gasteiger partial charge in [0.05, 0.1) is 43.3 Å². The molecule has 0 aliphatic rings. The van der Waals surface area contributed by atoms with Crippen LogP contribution in [0.4, 0.5) is 0 Å². The number of ether oxygens (including phenoxy) is 4. The molecule has 0 saturated heterocycles. The first kappa shape index (κ1) is 42.2. The third kappa shape index (κ3) is 12.7. The zero-order valence-corrected chi connectivity index (χ0v) is 32.6. The summed E-state index contributed by atoms with van der Waals surface area (Å²) in [4.78, 5) is 52.2. The second-order valence-corrected chi connectivity index (χ2v) is 16.5. The van der Waals surface area contributed by atoms with Gasteiger partial charge in [-0.2, -0.15) is 0 Å². The maximum atomic E-state index is 13.1. The van der Waals surface area contributed by atoms with Gasteiger partial charge in [0.2, 0.25) is 0 Å². The first-order chi connectivity index (χ1) is 22.0. The average Bonchev–Trinajstić information content (AvgIpc) is 2.92. The van der Waals surface area contributed by atoms with Gasteiger partial charge in [-0.3, -0.25) is 0 Å². The highest BCUT2D eigenvalue weighted by molar-refractivity contribution is 6.47. The highest BCUT2D eigenvalue weighted by Crippen LogP contribution is 2.42. The minimum absolute atomic E-state index is 0.0240. The molecule has 0 spiro atoms. The van der Waals surface area contributed by atoms with E-state index in [1.54, 1.807) is 0 Å². The maximum absolute atomic E-state index is 13.1. The number of carbonyl (C=O) groups is 4. The van der Waals surface area contributed by atoms with E-state index in [9.17, 15) is 19.2 Å². The highest BCUT2D eigenvalue weighted by Gasteiger charge is 2.32. The Labute approximate surface area is 311 Å². The van der Waals surface area contributed by atoms with Gasteiger partial charge in [-0.15, -0.1) is 0 Å². The van der Waals surface area contributed by atoms with Crippen LogP contribution in [0.15, 0.2) is 12.1 Å². The fourth-order valence-electron chi connectivity index (χ4n) is 5.14. The van der Waals surface area contributed by atoms with Crippen molar-refractivity contribution in [1.82, 2.24) is 0 Å². The topological polar surface area (TPSA) is 105 Å². The van der Waals surface area contributed by atoms with Crippen LogP contribution in [0.1, 0.15) is 102 Å². The van der Waals surface area contributed by atoms with Gasteiger partial charge < -0.3 is 18.9 Å². The second-order valence-electron chi connectivity index (χ2n) is 14.1. The number of hydrogen-bond acceptors (Lipinski definition) is 8. The van der Waals surface area contributed by atoms with Crippen molar-refractivity contribution in [2.24, 2.45) is 22.7 Å². The summed E-state index contributed by atoms with van der Waals surface area (Å²) >= 11 is 37.4. The molecule has 0 saturated carbocycles. The molecule has 2 atom stereocenters. The van der Waals surface area contributed by atoms with E-state index in [4.69, 9.17) is 88.6 Å². The molecule has 0 radical (unpaired) electrons. The van der Waals surface area contributed by atoms with Gasteiger partial charge in [-0.1, -0.05) is 125 Å². The Balaban J connectivity index is 2.28. The van der Waals surface area contributed by atoms with E-state index in [0.29, 0.717) is 12.8 Å². The molecule has 2 rings (SSSR count). The first-order valence-corrected chi connectivity index (χ1v) is 17.4. The third-order valence-corrected chi connectivity index (χ3v) is 8.96. The molecular weight excluding hydrogens is 749 g/mol. The van der Waals surface area contributed by atoms with E-state index in [1.807, 2.05) is 13.8 Å². The lowest BCUT2D eigenvalue weighted by Gasteiger charge is -2.23. The monoisotopic (exact) mass is 786 g/mol. The number of rotatable bonds is 12. The zero-order chi connectivity index (χ0) is 36.7. The SMILES string of the molecule is CC(CCOC(=O)c1c(Cl)c(Cl)cc(Cl)c1OC(=O)C(=O)Oc1c(Cl)cc(Cl)c(Cl)c1C(=O)OCCC(C)CC(C)(C)C)CC(C)(C)C. The van der Waals surface area contributed by atoms with Crippen molar-refractivity contribution in [1.29, 1.82) is 0 Å². The summed E-state index contributed by atoms with van der Waals surface area (Å²) < 4.78 is 21.1. The molecule has 266 valence electrons. The zero-order valence-electron chi connectivity index (χ0n) is 28.1. The fraction of sp³-hybridized carbons (Fsp3) is 0.529. The molecule has 0 aliphatic heterocycles. The number of carbonyl (C=O) groups excluding carboxylic acids is 4. The lowest BCUT2D eigenvalue weighted by atomic mass is 9.84. The van der Waals surface area contributed by atoms with Crippen LogP contribution < -0.4 is 9.47 Å². The lowest BCUT2D eigenvalue weighted by molar-refractivity contribution is -0.156. The largest absolute Gasteiger partial charge is 0.462 e. The van der Waals surface area contributed by atoms with E-state index in [1.165, 1.54) is 0 Å². The van der Waals surface area contributed by atoms with E-state index in [0.717, 1.165) is 25.0 Å². The normalized spacial score (nSPS) is 13.0. The average molecular weight is 789 g/mol. The quantitative estimate of drug-likeness (QED) is 0.0906. The number of halogens is 6. The molecule has 0 amide bonds. The van der Waals surface area contributed by atoms with Crippen molar-refractivity contribution in [3.8, 4) is 11.5 Å². The summed E-state index contributed by atoms with van der Waals surface area (Å²) in [6.07, 6.45) is 2.86. The molecule has 14 heteroatoms. The molecule has 0 aliphatic carbocycles. The number of hydrogen-bond donors (Lipinski definition) is 0. The summed E-state index contributed by atoms with van der Waals surface area (Å²) in [5.41, 5.74) is -0.792. The molecular formula is C34H40Cl6O8. The van der Waals surface area contributed by atoms with Gasteiger partial charge >= 0.3 is 23.9 Å². The second kappa shape index (κ2) is 17.8. The van der Waals surface area contributed by atoms with Crippen molar-refractivity contribution in [2.75, 3.05) is 13.2 Å². The van der Waals surface area contributed by atoms with E-state index in [2.05, 4.69) is 41.5 Å².